The van der Waals surface area contributed by atoms with Gasteiger partial charge >= 0.3 is 6.03 Å². The van der Waals surface area contributed by atoms with Gasteiger partial charge in [0.2, 0.25) is 0 Å². The summed E-state index contributed by atoms with van der Waals surface area (Å²) >= 11 is 0. The Morgan fingerprint density at radius 2 is 2.27 bits per heavy atom. The maximum atomic E-state index is 12.5. The van der Waals surface area contributed by atoms with Crippen molar-refractivity contribution in [2.75, 3.05) is 19.7 Å². The summed E-state index contributed by atoms with van der Waals surface area (Å²) in [6.07, 6.45) is 5.68. The van der Waals surface area contributed by atoms with E-state index in [9.17, 15) is 9.90 Å². The van der Waals surface area contributed by atoms with Crippen molar-refractivity contribution in [1.29, 1.82) is 0 Å². The van der Waals surface area contributed by atoms with Crippen molar-refractivity contribution in [2.24, 2.45) is 5.92 Å². The van der Waals surface area contributed by atoms with Crippen LogP contribution in [0.5, 0.6) is 0 Å². The number of nitrogens with zero attached hydrogens (tertiary/aromatic N) is 1. The smallest absolute Gasteiger partial charge is 0.317 e. The summed E-state index contributed by atoms with van der Waals surface area (Å²) in [6, 6.07) is 6.78. The molecule has 4 nitrogen and oxygen atoms in total. The van der Waals surface area contributed by atoms with E-state index < -0.39 is 0 Å². The number of urea groups is 1. The Morgan fingerprint density at radius 1 is 1.36 bits per heavy atom. The van der Waals surface area contributed by atoms with E-state index in [1.54, 1.807) is 0 Å². The van der Waals surface area contributed by atoms with Crippen LogP contribution in [0.4, 0.5) is 4.79 Å². The molecule has 4 heteroatoms. The summed E-state index contributed by atoms with van der Waals surface area (Å²) < 4.78 is 0. The highest BCUT2D eigenvalue weighted by Gasteiger charge is 2.36. The Balaban J connectivity index is 1.49. The van der Waals surface area contributed by atoms with Gasteiger partial charge in [-0.3, -0.25) is 0 Å². The third kappa shape index (κ3) is 2.30. The molecule has 1 aromatic carbocycles. The average molecular weight is 300 g/mol. The molecule has 2 aliphatic carbocycles. The van der Waals surface area contributed by atoms with Crippen molar-refractivity contribution in [2.45, 2.75) is 44.1 Å². The standard InChI is InChI=1S/C18H24N2O2/c21-11-12-7-8-20(10-12)18(22)19-16-9-14-5-1-3-13-4-2-6-15(16)17(13)14/h2,4,6,12,14,16,21H,1,3,5,7-11H2,(H,19,22). The highest BCUT2D eigenvalue weighted by Crippen LogP contribution is 2.47. The van der Waals surface area contributed by atoms with E-state index in [0.717, 1.165) is 19.4 Å². The molecule has 2 N–H and O–H groups in total. The summed E-state index contributed by atoms with van der Waals surface area (Å²) in [4.78, 5) is 14.4. The predicted octanol–water partition coefficient (Wildman–Crippen LogP) is 2.58. The molecule has 0 spiro atoms. The van der Waals surface area contributed by atoms with E-state index in [0.29, 0.717) is 12.5 Å². The second kappa shape index (κ2) is 5.58. The lowest BCUT2D eigenvalue weighted by Crippen LogP contribution is -2.40. The Hall–Kier alpha value is -1.55. The molecular formula is C18H24N2O2. The first-order valence-electron chi connectivity index (χ1n) is 8.54. The zero-order chi connectivity index (χ0) is 15.1. The number of aryl methyl sites for hydroxylation is 1. The third-order valence-corrected chi connectivity index (χ3v) is 5.66. The van der Waals surface area contributed by atoms with Gasteiger partial charge in [0.25, 0.3) is 0 Å². The van der Waals surface area contributed by atoms with Crippen LogP contribution in [0.2, 0.25) is 0 Å². The maximum Gasteiger partial charge on any atom is 0.317 e. The Bertz CT molecular complexity index is 586. The minimum absolute atomic E-state index is 0.0391. The van der Waals surface area contributed by atoms with Gasteiger partial charge in [-0.25, -0.2) is 4.79 Å². The summed E-state index contributed by atoms with van der Waals surface area (Å²) in [6.45, 7) is 1.63. The fraction of sp³-hybridized carbons (Fsp3) is 0.611. The van der Waals surface area contributed by atoms with Gasteiger partial charge in [0, 0.05) is 25.6 Å². The molecule has 0 aromatic heterocycles. The van der Waals surface area contributed by atoms with Crippen molar-refractivity contribution in [1.82, 2.24) is 10.2 Å². The van der Waals surface area contributed by atoms with Gasteiger partial charge in [0.1, 0.15) is 0 Å². The molecule has 0 saturated carbocycles. The molecule has 4 rings (SSSR count). The number of hydrogen-bond acceptors (Lipinski definition) is 2. The zero-order valence-electron chi connectivity index (χ0n) is 12.9. The predicted molar refractivity (Wildman–Crippen MR) is 84.8 cm³/mol. The first-order valence-corrected chi connectivity index (χ1v) is 8.54. The first-order chi connectivity index (χ1) is 10.8. The number of hydrogen-bond donors (Lipinski definition) is 2. The van der Waals surface area contributed by atoms with E-state index in [2.05, 4.69) is 23.5 Å². The number of nitrogens with one attached hydrogen (secondary N) is 1. The number of aliphatic hydroxyl groups excluding tert-OH is 1. The monoisotopic (exact) mass is 300 g/mol. The van der Waals surface area contributed by atoms with Crippen LogP contribution in [0.3, 0.4) is 0 Å². The molecule has 1 aromatic rings. The van der Waals surface area contributed by atoms with Crippen LogP contribution in [-0.2, 0) is 6.42 Å². The van der Waals surface area contributed by atoms with E-state index in [4.69, 9.17) is 0 Å². The third-order valence-electron chi connectivity index (χ3n) is 5.66. The zero-order valence-corrected chi connectivity index (χ0v) is 12.9. The highest BCUT2D eigenvalue weighted by molar-refractivity contribution is 5.75. The number of likely N-dealkylation sites (tertiary alicyclic amines) is 1. The minimum atomic E-state index is 0.0391. The molecule has 3 atom stereocenters. The Labute approximate surface area is 131 Å². The Morgan fingerprint density at radius 3 is 3.09 bits per heavy atom. The lowest BCUT2D eigenvalue weighted by Gasteiger charge is -2.21. The van der Waals surface area contributed by atoms with Crippen LogP contribution < -0.4 is 5.32 Å². The molecule has 3 unspecified atom stereocenters. The number of carbonyl (C=O) groups is 1. The lowest BCUT2D eigenvalue weighted by molar-refractivity contribution is 0.194. The topological polar surface area (TPSA) is 52.6 Å². The van der Waals surface area contributed by atoms with Crippen LogP contribution in [0.25, 0.3) is 0 Å². The molecule has 1 aliphatic heterocycles. The molecule has 2 amide bonds. The quantitative estimate of drug-likeness (QED) is 0.882. The molecule has 1 saturated heterocycles. The van der Waals surface area contributed by atoms with Crippen molar-refractivity contribution >= 4 is 6.03 Å². The van der Waals surface area contributed by atoms with Crippen LogP contribution >= 0.6 is 0 Å². The fourth-order valence-corrected chi connectivity index (χ4v) is 4.53. The van der Waals surface area contributed by atoms with Gasteiger partial charge in [0.15, 0.2) is 0 Å². The van der Waals surface area contributed by atoms with Crippen LogP contribution in [0.15, 0.2) is 18.2 Å². The number of carbonyl (C=O) groups excluding carboxylic acids is 1. The van der Waals surface area contributed by atoms with Crippen molar-refractivity contribution < 1.29 is 9.90 Å². The van der Waals surface area contributed by atoms with Crippen LogP contribution in [0, 0.1) is 5.92 Å². The van der Waals surface area contributed by atoms with E-state index in [-0.39, 0.29) is 24.6 Å². The van der Waals surface area contributed by atoms with Crippen molar-refractivity contribution in [3.05, 3.63) is 34.9 Å². The van der Waals surface area contributed by atoms with E-state index >= 15 is 0 Å². The van der Waals surface area contributed by atoms with Crippen molar-refractivity contribution in [3.63, 3.8) is 0 Å². The SMILES string of the molecule is O=C(NC1CC2CCCc3cccc1c32)N1CCC(CO)C1. The van der Waals surface area contributed by atoms with Gasteiger partial charge < -0.3 is 15.3 Å². The number of amides is 2. The van der Waals surface area contributed by atoms with Crippen LogP contribution in [0.1, 0.15) is 54.3 Å². The molecule has 0 radical (unpaired) electrons. The number of benzene rings is 1. The van der Waals surface area contributed by atoms with E-state index in [1.165, 1.54) is 36.0 Å². The fourth-order valence-electron chi connectivity index (χ4n) is 4.53. The molecule has 1 fully saturated rings. The first kappa shape index (κ1) is 14.1. The molecule has 118 valence electrons. The van der Waals surface area contributed by atoms with Gasteiger partial charge in [-0.15, -0.1) is 0 Å². The summed E-state index contributed by atoms with van der Waals surface area (Å²) in [5.41, 5.74) is 4.36. The van der Waals surface area contributed by atoms with Gasteiger partial charge in [-0.2, -0.15) is 0 Å². The minimum Gasteiger partial charge on any atom is -0.396 e. The number of aliphatic hydroxyl groups is 1. The summed E-state index contributed by atoms with van der Waals surface area (Å²) in [5, 5.41) is 12.5. The lowest BCUT2D eigenvalue weighted by atomic mass is 9.84. The van der Waals surface area contributed by atoms with Gasteiger partial charge in [0.05, 0.1) is 6.04 Å². The Kier molecular flexibility index (Phi) is 3.57. The normalized spacial score (nSPS) is 29.5. The average Bonchev–Trinajstić information content (AvgIpc) is 3.15. The van der Waals surface area contributed by atoms with Crippen LogP contribution in [-0.4, -0.2) is 35.7 Å². The number of rotatable bonds is 2. The highest BCUT2D eigenvalue weighted by atomic mass is 16.3. The summed E-state index contributed by atoms with van der Waals surface area (Å²) in [5.74, 6) is 0.886. The molecule has 1 heterocycles. The molecule has 0 bridgehead atoms. The van der Waals surface area contributed by atoms with Crippen molar-refractivity contribution in [3.8, 4) is 0 Å². The second-order valence-electron chi connectivity index (χ2n) is 7.03. The maximum absolute atomic E-state index is 12.5. The molecule has 3 aliphatic rings. The summed E-state index contributed by atoms with van der Waals surface area (Å²) in [7, 11) is 0. The molecule has 22 heavy (non-hydrogen) atoms. The van der Waals surface area contributed by atoms with Gasteiger partial charge in [-0.05, 0) is 54.7 Å². The largest absolute Gasteiger partial charge is 0.396 e. The van der Waals surface area contributed by atoms with E-state index in [1.807, 2.05) is 4.90 Å². The molecular weight excluding hydrogens is 276 g/mol. The van der Waals surface area contributed by atoms with Gasteiger partial charge in [-0.1, -0.05) is 18.2 Å². The second-order valence-corrected chi connectivity index (χ2v) is 7.03.